The number of benzene rings is 1. The third-order valence-electron chi connectivity index (χ3n) is 5.87. The number of anilines is 1. The van der Waals surface area contributed by atoms with E-state index in [9.17, 15) is 14.0 Å². The van der Waals surface area contributed by atoms with Crippen molar-refractivity contribution in [1.82, 2.24) is 29.9 Å². The number of fused-ring (bicyclic) bond motifs is 2. The number of amides is 2. The molecule has 11 heteroatoms. The lowest BCUT2D eigenvalue weighted by molar-refractivity contribution is -0.119. The first-order chi connectivity index (χ1) is 15.7. The van der Waals surface area contributed by atoms with Crippen LogP contribution >= 0.6 is 0 Å². The Balaban J connectivity index is 1.57. The highest BCUT2D eigenvalue weighted by molar-refractivity contribution is 5.98. The lowest BCUT2D eigenvalue weighted by Crippen LogP contribution is -2.25. The smallest absolute Gasteiger partial charge is 0.231 e. The zero-order valence-electron chi connectivity index (χ0n) is 18.1. The molecule has 1 aromatic carbocycles. The number of aromatic amines is 1. The largest absolute Gasteiger partial charge is 0.350 e. The van der Waals surface area contributed by atoms with Crippen LogP contribution in [-0.2, 0) is 9.59 Å². The standard InChI is InChI=1S/C22H21F2N7O2/c1-9-18(13-5-26-30-21(13)19(20(9)24)10(2)27-11(3)32)15-7-31-8-16(28-17(31)6-25-15)29-22(33)12-4-14(12)23/h5-8,10,12,14H,4H2,1-3H3,(H,26,30)(H,27,32)(H,29,33). The van der Waals surface area contributed by atoms with Crippen LogP contribution in [0.5, 0.6) is 0 Å². The molecule has 33 heavy (non-hydrogen) atoms. The number of nitrogens with one attached hydrogen (secondary N) is 3. The van der Waals surface area contributed by atoms with Crippen molar-refractivity contribution in [3.05, 3.63) is 41.7 Å². The molecule has 0 spiro atoms. The summed E-state index contributed by atoms with van der Waals surface area (Å²) in [5.74, 6) is -1.47. The van der Waals surface area contributed by atoms with Gasteiger partial charge in [-0.1, -0.05) is 0 Å². The van der Waals surface area contributed by atoms with Crippen molar-refractivity contribution >= 4 is 34.2 Å². The predicted molar refractivity (Wildman–Crippen MR) is 117 cm³/mol. The van der Waals surface area contributed by atoms with Crippen molar-refractivity contribution in [3.8, 4) is 11.3 Å². The molecule has 1 aliphatic carbocycles. The molecular formula is C22H21F2N7O2. The van der Waals surface area contributed by atoms with Crippen molar-refractivity contribution in [1.29, 1.82) is 0 Å². The minimum absolute atomic E-state index is 0.229. The number of carbonyl (C=O) groups is 2. The van der Waals surface area contributed by atoms with Gasteiger partial charge in [0.25, 0.3) is 0 Å². The summed E-state index contributed by atoms with van der Waals surface area (Å²) in [7, 11) is 0. The van der Waals surface area contributed by atoms with Crippen LogP contribution in [0.2, 0.25) is 0 Å². The van der Waals surface area contributed by atoms with Crippen molar-refractivity contribution in [2.45, 2.75) is 39.4 Å². The predicted octanol–water partition coefficient (Wildman–Crippen LogP) is 3.21. The Morgan fingerprint density at radius 1 is 1.30 bits per heavy atom. The molecule has 5 rings (SSSR count). The Hall–Kier alpha value is -3.89. The van der Waals surface area contributed by atoms with Crippen molar-refractivity contribution < 1.29 is 18.4 Å². The molecule has 1 saturated carbocycles. The quantitative estimate of drug-likeness (QED) is 0.429. The molecule has 3 heterocycles. The maximum Gasteiger partial charge on any atom is 0.231 e. The molecule has 0 saturated heterocycles. The Morgan fingerprint density at radius 3 is 2.76 bits per heavy atom. The topological polar surface area (TPSA) is 117 Å². The summed E-state index contributed by atoms with van der Waals surface area (Å²) in [5.41, 5.74) is 2.65. The van der Waals surface area contributed by atoms with Crippen LogP contribution in [0, 0.1) is 18.7 Å². The van der Waals surface area contributed by atoms with Crippen LogP contribution in [0.15, 0.2) is 24.8 Å². The number of halogens is 2. The Kier molecular flexibility index (Phi) is 4.84. The van der Waals surface area contributed by atoms with Gasteiger partial charge in [-0.15, -0.1) is 0 Å². The average Bonchev–Trinajstić information content (AvgIpc) is 3.12. The van der Waals surface area contributed by atoms with Crippen molar-refractivity contribution in [2.24, 2.45) is 5.92 Å². The Labute approximate surface area is 186 Å². The number of carbonyl (C=O) groups excluding carboxylic acids is 2. The van der Waals surface area contributed by atoms with Crippen LogP contribution < -0.4 is 10.6 Å². The van der Waals surface area contributed by atoms with E-state index in [1.807, 2.05) is 0 Å². The third kappa shape index (κ3) is 3.59. The van der Waals surface area contributed by atoms with Gasteiger partial charge in [0.15, 0.2) is 11.5 Å². The van der Waals surface area contributed by atoms with E-state index < -0.39 is 29.9 Å². The second kappa shape index (κ2) is 7.61. The summed E-state index contributed by atoms with van der Waals surface area (Å²) in [5, 5.41) is 12.9. The van der Waals surface area contributed by atoms with Crippen molar-refractivity contribution in [2.75, 3.05) is 5.32 Å². The Morgan fingerprint density at radius 2 is 2.06 bits per heavy atom. The van der Waals surface area contributed by atoms with E-state index in [0.29, 0.717) is 38.9 Å². The molecule has 0 bridgehead atoms. The second-order valence-corrected chi connectivity index (χ2v) is 8.32. The van der Waals surface area contributed by atoms with E-state index >= 15 is 4.39 Å². The third-order valence-corrected chi connectivity index (χ3v) is 5.87. The summed E-state index contributed by atoms with van der Waals surface area (Å²) in [4.78, 5) is 32.3. The first kappa shape index (κ1) is 21.0. The molecule has 1 aliphatic rings. The van der Waals surface area contributed by atoms with Gasteiger partial charge >= 0.3 is 0 Å². The minimum atomic E-state index is -1.10. The van der Waals surface area contributed by atoms with Gasteiger partial charge in [-0.3, -0.25) is 19.7 Å². The van der Waals surface area contributed by atoms with E-state index in [1.165, 1.54) is 13.1 Å². The molecule has 3 unspecified atom stereocenters. The zero-order valence-corrected chi connectivity index (χ0v) is 18.1. The number of hydrogen-bond acceptors (Lipinski definition) is 5. The van der Waals surface area contributed by atoms with Crippen LogP contribution in [0.1, 0.15) is 37.4 Å². The average molecular weight is 453 g/mol. The fourth-order valence-corrected chi connectivity index (χ4v) is 4.16. The molecule has 0 aliphatic heterocycles. The summed E-state index contributed by atoms with van der Waals surface area (Å²) in [6.07, 6.45) is 5.51. The number of imidazole rings is 1. The highest BCUT2D eigenvalue weighted by Crippen LogP contribution is 2.37. The monoisotopic (exact) mass is 453 g/mol. The van der Waals surface area contributed by atoms with Gasteiger partial charge in [0.2, 0.25) is 11.8 Å². The fourth-order valence-electron chi connectivity index (χ4n) is 4.16. The minimum Gasteiger partial charge on any atom is -0.350 e. The zero-order chi connectivity index (χ0) is 23.4. The Bertz CT molecular complexity index is 1430. The van der Waals surface area contributed by atoms with Crippen molar-refractivity contribution in [3.63, 3.8) is 0 Å². The van der Waals surface area contributed by atoms with E-state index in [-0.39, 0.29) is 18.1 Å². The first-order valence-corrected chi connectivity index (χ1v) is 10.5. The normalized spacial score (nSPS) is 18.5. The number of alkyl halides is 1. The second-order valence-electron chi connectivity index (χ2n) is 8.32. The van der Waals surface area contributed by atoms with E-state index in [1.54, 1.807) is 36.8 Å². The van der Waals surface area contributed by atoms with Gasteiger partial charge in [0, 0.05) is 29.6 Å². The highest BCUT2D eigenvalue weighted by atomic mass is 19.1. The van der Waals surface area contributed by atoms with Crippen LogP contribution in [0.4, 0.5) is 14.6 Å². The summed E-state index contributed by atoms with van der Waals surface area (Å²) in [6, 6.07) is -0.566. The maximum absolute atomic E-state index is 15.5. The number of nitrogens with zero attached hydrogens (tertiary/aromatic N) is 4. The maximum atomic E-state index is 15.5. The van der Waals surface area contributed by atoms with Gasteiger partial charge in [-0.25, -0.2) is 13.8 Å². The molecule has 3 atom stereocenters. The number of rotatable bonds is 5. The molecule has 2 amide bonds. The van der Waals surface area contributed by atoms with E-state index in [4.69, 9.17) is 0 Å². The molecule has 3 N–H and O–H groups in total. The SMILES string of the molecule is CC(=O)NC(C)c1c(F)c(C)c(-c2cn3cc(NC(=O)C4CC4F)nc3cn2)c2cn[nH]c12. The molecule has 3 aromatic heterocycles. The van der Waals surface area contributed by atoms with Gasteiger partial charge in [0.05, 0.1) is 41.8 Å². The molecule has 4 aromatic rings. The molecular weight excluding hydrogens is 432 g/mol. The lowest BCUT2D eigenvalue weighted by Gasteiger charge is -2.18. The van der Waals surface area contributed by atoms with Gasteiger partial charge in [-0.2, -0.15) is 5.10 Å². The number of hydrogen-bond donors (Lipinski definition) is 3. The van der Waals surface area contributed by atoms with E-state index in [2.05, 4.69) is 30.8 Å². The van der Waals surface area contributed by atoms with Gasteiger partial charge in [-0.05, 0) is 25.8 Å². The number of H-pyrrole nitrogens is 1. The van der Waals surface area contributed by atoms with Crippen LogP contribution in [0.25, 0.3) is 27.8 Å². The first-order valence-electron chi connectivity index (χ1n) is 10.5. The van der Waals surface area contributed by atoms with Gasteiger partial charge in [0.1, 0.15) is 12.0 Å². The summed E-state index contributed by atoms with van der Waals surface area (Å²) < 4.78 is 30.3. The van der Waals surface area contributed by atoms with Gasteiger partial charge < -0.3 is 15.0 Å². The molecule has 1 fully saturated rings. The summed E-state index contributed by atoms with van der Waals surface area (Å²) in [6.45, 7) is 4.73. The highest BCUT2D eigenvalue weighted by Gasteiger charge is 2.43. The number of aromatic nitrogens is 5. The lowest BCUT2D eigenvalue weighted by atomic mass is 9.94. The molecule has 170 valence electrons. The molecule has 0 radical (unpaired) electrons. The van der Waals surface area contributed by atoms with E-state index in [0.717, 1.165) is 0 Å². The summed E-state index contributed by atoms with van der Waals surface area (Å²) >= 11 is 0. The van der Waals surface area contributed by atoms with Crippen LogP contribution in [0.3, 0.4) is 0 Å². The van der Waals surface area contributed by atoms with Crippen LogP contribution in [-0.4, -0.2) is 42.6 Å². The molecule has 9 nitrogen and oxygen atoms in total. The fraction of sp³-hybridized carbons (Fsp3) is 0.318.